The molecule has 1 aliphatic rings. The Kier molecular flexibility index (Phi) is 3.34. The van der Waals surface area contributed by atoms with Gasteiger partial charge in [-0.1, -0.05) is 36.2 Å². The van der Waals surface area contributed by atoms with E-state index in [2.05, 4.69) is 44.3 Å². The average molecular weight is 217 g/mol. The smallest absolute Gasteiger partial charge is 0.0219 e. The van der Waals surface area contributed by atoms with Crippen LogP contribution in [0.15, 0.2) is 18.2 Å². The van der Waals surface area contributed by atoms with Crippen LogP contribution in [0.3, 0.4) is 0 Å². The van der Waals surface area contributed by atoms with Gasteiger partial charge in [-0.05, 0) is 51.6 Å². The van der Waals surface area contributed by atoms with E-state index < -0.39 is 0 Å². The summed E-state index contributed by atoms with van der Waals surface area (Å²) in [6.45, 7) is 7.88. The Morgan fingerprint density at radius 3 is 2.38 bits per heavy atom. The summed E-state index contributed by atoms with van der Waals surface area (Å²) in [4.78, 5) is 0. The third kappa shape index (κ3) is 2.46. The van der Waals surface area contributed by atoms with E-state index in [0.717, 1.165) is 0 Å². The van der Waals surface area contributed by atoms with Gasteiger partial charge in [-0.2, -0.15) is 0 Å². The zero-order valence-electron chi connectivity index (χ0n) is 10.8. The number of aryl methyl sites for hydroxylation is 2. The first-order chi connectivity index (χ1) is 7.63. The minimum atomic E-state index is 0.375. The van der Waals surface area contributed by atoms with Crippen LogP contribution in [0, 0.1) is 13.8 Å². The Morgan fingerprint density at radius 1 is 1.19 bits per heavy atom. The van der Waals surface area contributed by atoms with Crippen LogP contribution in [0.5, 0.6) is 0 Å². The van der Waals surface area contributed by atoms with E-state index in [1.807, 2.05) is 0 Å². The summed E-state index contributed by atoms with van der Waals surface area (Å²) < 4.78 is 0. The third-order valence-corrected chi connectivity index (χ3v) is 3.83. The maximum Gasteiger partial charge on any atom is 0.0219 e. The van der Waals surface area contributed by atoms with Crippen molar-refractivity contribution in [1.29, 1.82) is 0 Å². The summed E-state index contributed by atoms with van der Waals surface area (Å²) in [5, 5.41) is 3.71. The van der Waals surface area contributed by atoms with E-state index >= 15 is 0 Å². The summed E-state index contributed by atoms with van der Waals surface area (Å²) in [5.74, 6) is 0. The van der Waals surface area contributed by atoms with Crippen LogP contribution >= 0.6 is 0 Å². The lowest BCUT2D eigenvalue weighted by Crippen LogP contribution is -2.41. The molecular weight excluding hydrogens is 194 g/mol. The largest absolute Gasteiger partial charge is 0.311 e. The number of hydrogen-bond acceptors (Lipinski definition) is 1. The molecule has 0 aliphatic carbocycles. The normalized spacial score (nSPS) is 24.9. The van der Waals surface area contributed by atoms with Crippen LogP contribution in [0.1, 0.15) is 42.9 Å². The summed E-state index contributed by atoms with van der Waals surface area (Å²) in [5.41, 5.74) is 4.65. The molecule has 1 aliphatic heterocycles. The second-order valence-corrected chi connectivity index (χ2v) is 5.34. The molecule has 1 aromatic rings. The first-order valence-corrected chi connectivity index (χ1v) is 6.46. The van der Waals surface area contributed by atoms with E-state index in [0.29, 0.717) is 5.54 Å². The third-order valence-electron chi connectivity index (χ3n) is 3.83. The van der Waals surface area contributed by atoms with Crippen molar-refractivity contribution in [2.24, 2.45) is 0 Å². The van der Waals surface area contributed by atoms with Crippen molar-refractivity contribution in [3.8, 4) is 0 Å². The number of nitrogens with one attached hydrogen (secondary N) is 1. The minimum absolute atomic E-state index is 0.375. The predicted octanol–water partition coefficient (Wildman–Crippen LogP) is 3.38. The molecule has 0 bridgehead atoms. The molecule has 1 atom stereocenters. The highest BCUT2D eigenvalue weighted by Gasteiger charge is 2.31. The van der Waals surface area contributed by atoms with Gasteiger partial charge in [0.05, 0.1) is 0 Å². The topological polar surface area (TPSA) is 12.0 Å². The van der Waals surface area contributed by atoms with Crippen molar-refractivity contribution >= 4 is 0 Å². The molecule has 0 amide bonds. The molecule has 1 heterocycles. The number of hydrogen-bond donors (Lipinski definition) is 1. The van der Waals surface area contributed by atoms with Gasteiger partial charge in [-0.15, -0.1) is 0 Å². The van der Waals surface area contributed by atoms with Crippen molar-refractivity contribution in [3.05, 3.63) is 34.9 Å². The lowest BCUT2D eigenvalue weighted by Gasteiger charge is -2.28. The van der Waals surface area contributed by atoms with Gasteiger partial charge in [0, 0.05) is 5.54 Å². The molecule has 0 radical (unpaired) electrons. The number of rotatable bonds is 3. The Labute approximate surface area is 99.3 Å². The van der Waals surface area contributed by atoms with Gasteiger partial charge in [0.25, 0.3) is 0 Å². The van der Waals surface area contributed by atoms with Gasteiger partial charge < -0.3 is 5.32 Å². The van der Waals surface area contributed by atoms with Crippen molar-refractivity contribution in [2.75, 3.05) is 6.54 Å². The Bertz CT molecular complexity index is 341. The molecule has 0 aromatic heterocycles. The molecule has 0 spiro atoms. The Morgan fingerprint density at radius 2 is 1.88 bits per heavy atom. The predicted molar refractivity (Wildman–Crippen MR) is 69.9 cm³/mol. The van der Waals surface area contributed by atoms with Crippen LogP contribution in [-0.4, -0.2) is 12.1 Å². The summed E-state index contributed by atoms with van der Waals surface area (Å²) in [7, 11) is 0. The highest BCUT2D eigenvalue weighted by Crippen LogP contribution is 2.27. The van der Waals surface area contributed by atoms with Crippen LogP contribution in [0.25, 0.3) is 0 Å². The van der Waals surface area contributed by atoms with Gasteiger partial charge in [0.15, 0.2) is 0 Å². The Hall–Kier alpha value is -0.820. The fourth-order valence-corrected chi connectivity index (χ4v) is 3.01. The lowest BCUT2D eigenvalue weighted by atomic mass is 9.86. The van der Waals surface area contributed by atoms with Crippen molar-refractivity contribution in [2.45, 2.75) is 52.0 Å². The highest BCUT2D eigenvalue weighted by atomic mass is 15.0. The SMILES string of the molecule is CCC1(Cc2cc(C)cc(C)c2)CCCN1. The summed E-state index contributed by atoms with van der Waals surface area (Å²) >= 11 is 0. The molecule has 1 fully saturated rings. The quantitative estimate of drug-likeness (QED) is 0.818. The molecule has 2 rings (SSSR count). The number of benzene rings is 1. The first-order valence-electron chi connectivity index (χ1n) is 6.46. The summed E-state index contributed by atoms with van der Waals surface area (Å²) in [6.07, 6.45) is 5.08. The van der Waals surface area contributed by atoms with Gasteiger partial charge in [-0.3, -0.25) is 0 Å². The lowest BCUT2D eigenvalue weighted by molar-refractivity contribution is 0.360. The van der Waals surface area contributed by atoms with E-state index in [9.17, 15) is 0 Å². The fourth-order valence-electron chi connectivity index (χ4n) is 3.01. The molecule has 1 saturated heterocycles. The van der Waals surface area contributed by atoms with Crippen LogP contribution in [0.4, 0.5) is 0 Å². The maximum absolute atomic E-state index is 3.71. The standard InChI is InChI=1S/C15H23N/c1-4-15(6-5-7-16-15)11-14-9-12(2)8-13(3)10-14/h8-10,16H,4-7,11H2,1-3H3. The molecule has 1 heteroatoms. The molecule has 1 N–H and O–H groups in total. The van der Waals surface area contributed by atoms with E-state index in [1.165, 1.54) is 48.9 Å². The van der Waals surface area contributed by atoms with E-state index in [1.54, 1.807) is 0 Å². The average Bonchev–Trinajstić information content (AvgIpc) is 2.65. The molecule has 0 saturated carbocycles. The summed E-state index contributed by atoms with van der Waals surface area (Å²) in [6, 6.07) is 6.93. The van der Waals surface area contributed by atoms with Gasteiger partial charge >= 0.3 is 0 Å². The second kappa shape index (κ2) is 4.58. The van der Waals surface area contributed by atoms with Gasteiger partial charge in [-0.25, -0.2) is 0 Å². The van der Waals surface area contributed by atoms with Crippen molar-refractivity contribution in [1.82, 2.24) is 5.32 Å². The van der Waals surface area contributed by atoms with Crippen molar-refractivity contribution < 1.29 is 0 Å². The maximum atomic E-state index is 3.71. The second-order valence-electron chi connectivity index (χ2n) is 5.34. The highest BCUT2D eigenvalue weighted by molar-refractivity contribution is 5.30. The molecule has 1 aromatic carbocycles. The zero-order valence-corrected chi connectivity index (χ0v) is 10.8. The van der Waals surface area contributed by atoms with Crippen LogP contribution in [0.2, 0.25) is 0 Å². The van der Waals surface area contributed by atoms with Gasteiger partial charge in [0.2, 0.25) is 0 Å². The van der Waals surface area contributed by atoms with Crippen LogP contribution < -0.4 is 5.32 Å². The van der Waals surface area contributed by atoms with E-state index in [-0.39, 0.29) is 0 Å². The molecule has 16 heavy (non-hydrogen) atoms. The fraction of sp³-hybridized carbons (Fsp3) is 0.600. The minimum Gasteiger partial charge on any atom is -0.311 e. The molecule has 1 nitrogen and oxygen atoms in total. The van der Waals surface area contributed by atoms with E-state index in [4.69, 9.17) is 0 Å². The van der Waals surface area contributed by atoms with Crippen LogP contribution in [-0.2, 0) is 6.42 Å². The zero-order chi connectivity index (χ0) is 11.6. The molecule has 1 unspecified atom stereocenters. The van der Waals surface area contributed by atoms with Gasteiger partial charge in [0.1, 0.15) is 0 Å². The molecular formula is C15H23N. The van der Waals surface area contributed by atoms with Crippen molar-refractivity contribution in [3.63, 3.8) is 0 Å². The monoisotopic (exact) mass is 217 g/mol. The first kappa shape index (κ1) is 11.7. The molecule has 88 valence electrons. The Balaban J connectivity index is 2.18.